The summed E-state index contributed by atoms with van der Waals surface area (Å²) in [6.07, 6.45) is 2.01. The molecule has 3 nitrogen and oxygen atoms in total. The van der Waals surface area contributed by atoms with Crippen molar-refractivity contribution < 1.29 is 4.42 Å². The standard InChI is InChI=1S/C38H24N2O/c1-3-13-30-25(9-1)11-7-15-32(30)29-23-34(37(39-24-29)33-16-8-12-26-10-2-4-14-31(26)33)27-19-21-28(22-20-27)38-40-35-17-5-6-18-36(35)41-38/h1-24H. The average Bonchev–Trinajstić information content (AvgIpc) is 3.49. The van der Waals surface area contributed by atoms with Gasteiger partial charge in [-0.25, -0.2) is 4.98 Å². The van der Waals surface area contributed by atoms with Crippen LogP contribution in [0, 0.1) is 0 Å². The highest BCUT2D eigenvalue weighted by atomic mass is 16.3. The Bertz CT molecular complexity index is 2170. The SMILES string of the molecule is c1ccc2c(-c3cnc(-c4cccc5ccccc45)c(-c4ccc(-c5nc6ccccc6o5)cc4)c3)cccc2c1. The third kappa shape index (κ3) is 4.07. The highest BCUT2D eigenvalue weighted by Crippen LogP contribution is 2.39. The van der Waals surface area contributed by atoms with Crippen LogP contribution >= 0.6 is 0 Å². The van der Waals surface area contributed by atoms with Gasteiger partial charge in [0.25, 0.3) is 0 Å². The predicted molar refractivity (Wildman–Crippen MR) is 169 cm³/mol. The lowest BCUT2D eigenvalue weighted by Gasteiger charge is -2.15. The van der Waals surface area contributed by atoms with Crippen LogP contribution in [0.15, 0.2) is 150 Å². The van der Waals surface area contributed by atoms with Crippen LogP contribution in [0.4, 0.5) is 0 Å². The number of rotatable bonds is 4. The fourth-order valence-electron chi connectivity index (χ4n) is 5.74. The van der Waals surface area contributed by atoms with Gasteiger partial charge in [0.05, 0.1) is 5.69 Å². The second kappa shape index (κ2) is 9.58. The van der Waals surface area contributed by atoms with E-state index in [1.165, 1.54) is 27.1 Å². The van der Waals surface area contributed by atoms with Crippen LogP contribution < -0.4 is 0 Å². The van der Waals surface area contributed by atoms with Crippen LogP contribution in [0.2, 0.25) is 0 Å². The molecule has 0 aliphatic rings. The summed E-state index contributed by atoms with van der Waals surface area (Å²) < 4.78 is 6.04. The van der Waals surface area contributed by atoms with Crippen LogP contribution in [0.5, 0.6) is 0 Å². The third-order valence-corrected chi connectivity index (χ3v) is 7.77. The molecular weight excluding hydrogens is 500 g/mol. The molecule has 0 spiro atoms. The molecule has 3 heteroatoms. The Morgan fingerprint density at radius 3 is 1.83 bits per heavy atom. The van der Waals surface area contributed by atoms with Gasteiger partial charge in [-0.2, -0.15) is 0 Å². The number of hydrogen-bond acceptors (Lipinski definition) is 3. The monoisotopic (exact) mass is 524 g/mol. The van der Waals surface area contributed by atoms with Gasteiger partial charge in [0.15, 0.2) is 5.58 Å². The van der Waals surface area contributed by atoms with Crippen molar-refractivity contribution in [2.24, 2.45) is 0 Å². The summed E-state index contributed by atoms with van der Waals surface area (Å²) in [6, 6.07) is 48.4. The first kappa shape index (κ1) is 23.4. The van der Waals surface area contributed by atoms with E-state index in [0.717, 1.165) is 44.6 Å². The minimum Gasteiger partial charge on any atom is -0.436 e. The number of benzene rings is 6. The van der Waals surface area contributed by atoms with Gasteiger partial charge in [-0.15, -0.1) is 0 Å². The van der Waals surface area contributed by atoms with Crippen molar-refractivity contribution in [1.82, 2.24) is 9.97 Å². The lowest BCUT2D eigenvalue weighted by molar-refractivity contribution is 0.620. The van der Waals surface area contributed by atoms with Gasteiger partial charge in [0.1, 0.15) is 5.52 Å². The molecule has 2 aromatic heterocycles. The minimum atomic E-state index is 0.620. The van der Waals surface area contributed by atoms with Gasteiger partial charge in [0, 0.05) is 28.5 Å². The zero-order chi connectivity index (χ0) is 27.2. The summed E-state index contributed by atoms with van der Waals surface area (Å²) >= 11 is 0. The molecule has 192 valence electrons. The second-order valence-electron chi connectivity index (χ2n) is 10.2. The van der Waals surface area contributed by atoms with Crippen LogP contribution in [-0.4, -0.2) is 9.97 Å². The van der Waals surface area contributed by atoms with Gasteiger partial charge in [0.2, 0.25) is 5.89 Å². The van der Waals surface area contributed by atoms with Gasteiger partial charge in [-0.05, 0) is 63.0 Å². The molecule has 0 aliphatic carbocycles. The molecule has 0 saturated heterocycles. The fraction of sp³-hybridized carbons (Fsp3) is 0. The number of oxazole rings is 1. The summed E-state index contributed by atoms with van der Waals surface area (Å²) in [4.78, 5) is 9.83. The van der Waals surface area contributed by atoms with Crippen LogP contribution in [0.25, 0.3) is 77.6 Å². The Morgan fingerprint density at radius 1 is 0.463 bits per heavy atom. The van der Waals surface area contributed by atoms with E-state index >= 15 is 0 Å². The fourth-order valence-corrected chi connectivity index (χ4v) is 5.74. The number of pyridine rings is 1. The summed E-state index contributed by atoms with van der Waals surface area (Å²) in [5, 5.41) is 4.81. The molecule has 0 N–H and O–H groups in total. The number of hydrogen-bond donors (Lipinski definition) is 0. The number of fused-ring (bicyclic) bond motifs is 3. The second-order valence-corrected chi connectivity index (χ2v) is 10.2. The molecule has 0 unspecified atom stereocenters. The molecule has 0 amide bonds. The maximum atomic E-state index is 6.04. The quantitative estimate of drug-likeness (QED) is 0.230. The molecule has 0 bridgehead atoms. The zero-order valence-corrected chi connectivity index (χ0v) is 22.2. The topological polar surface area (TPSA) is 38.9 Å². The van der Waals surface area contributed by atoms with Gasteiger partial charge >= 0.3 is 0 Å². The molecular formula is C38H24N2O. The van der Waals surface area contributed by atoms with E-state index in [0.29, 0.717) is 5.89 Å². The first-order valence-electron chi connectivity index (χ1n) is 13.7. The summed E-state index contributed by atoms with van der Waals surface area (Å²) in [7, 11) is 0. The highest BCUT2D eigenvalue weighted by molar-refractivity contribution is 6.01. The van der Waals surface area contributed by atoms with Gasteiger partial charge in [-0.1, -0.05) is 109 Å². The van der Waals surface area contributed by atoms with Crippen LogP contribution in [0.3, 0.4) is 0 Å². The summed E-state index contributed by atoms with van der Waals surface area (Å²) in [6.45, 7) is 0. The Labute approximate surface area is 237 Å². The Hall–Kier alpha value is -5.54. The lowest BCUT2D eigenvalue weighted by atomic mass is 9.92. The van der Waals surface area contributed by atoms with Gasteiger partial charge < -0.3 is 4.42 Å². The first-order chi connectivity index (χ1) is 20.3. The summed E-state index contributed by atoms with van der Waals surface area (Å²) in [5.74, 6) is 0.620. The van der Waals surface area contributed by atoms with Crippen molar-refractivity contribution in [2.45, 2.75) is 0 Å². The van der Waals surface area contributed by atoms with Crippen LogP contribution in [-0.2, 0) is 0 Å². The molecule has 0 radical (unpaired) electrons. The molecule has 41 heavy (non-hydrogen) atoms. The zero-order valence-electron chi connectivity index (χ0n) is 22.2. The van der Waals surface area contributed by atoms with Crippen LogP contribution in [0.1, 0.15) is 0 Å². The van der Waals surface area contributed by atoms with Crippen molar-refractivity contribution in [1.29, 1.82) is 0 Å². The molecule has 0 saturated carbocycles. The van der Waals surface area contributed by atoms with E-state index in [-0.39, 0.29) is 0 Å². The summed E-state index contributed by atoms with van der Waals surface area (Å²) in [5.41, 5.74) is 9.08. The van der Waals surface area contributed by atoms with Gasteiger partial charge in [-0.3, -0.25) is 4.98 Å². The molecule has 8 rings (SSSR count). The average molecular weight is 525 g/mol. The predicted octanol–water partition coefficient (Wildman–Crippen LogP) is 10.2. The normalized spacial score (nSPS) is 11.4. The lowest BCUT2D eigenvalue weighted by Crippen LogP contribution is -1.93. The highest BCUT2D eigenvalue weighted by Gasteiger charge is 2.16. The molecule has 0 fully saturated rings. The largest absolute Gasteiger partial charge is 0.436 e. The molecule has 6 aromatic carbocycles. The number of nitrogens with zero attached hydrogens (tertiary/aromatic N) is 2. The molecule has 0 aliphatic heterocycles. The van der Waals surface area contributed by atoms with Crippen molar-refractivity contribution in [2.75, 3.05) is 0 Å². The van der Waals surface area contributed by atoms with Crippen molar-refractivity contribution in [3.63, 3.8) is 0 Å². The van der Waals surface area contributed by atoms with E-state index in [1.807, 2.05) is 30.5 Å². The first-order valence-corrected chi connectivity index (χ1v) is 13.7. The van der Waals surface area contributed by atoms with E-state index in [4.69, 9.17) is 9.40 Å². The molecule has 2 heterocycles. The smallest absolute Gasteiger partial charge is 0.227 e. The number of aromatic nitrogens is 2. The van der Waals surface area contributed by atoms with Crippen molar-refractivity contribution in [3.8, 4) is 45.0 Å². The number of para-hydroxylation sites is 2. The van der Waals surface area contributed by atoms with E-state index in [9.17, 15) is 0 Å². The molecule has 0 atom stereocenters. The maximum Gasteiger partial charge on any atom is 0.227 e. The Morgan fingerprint density at radius 2 is 1.07 bits per heavy atom. The Balaban J connectivity index is 1.31. The maximum absolute atomic E-state index is 6.04. The van der Waals surface area contributed by atoms with Crippen molar-refractivity contribution in [3.05, 3.63) is 146 Å². The third-order valence-electron chi connectivity index (χ3n) is 7.77. The molecule has 8 aromatic rings. The van der Waals surface area contributed by atoms with E-state index < -0.39 is 0 Å². The van der Waals surface area contributed by atoms with E-state index in [1.54, 1.807) is 0 Å². The van der Waals surface area contributed by atoms with E-state index in [2.05, 4.69) is 120 Å². The van der Waals surface area contributed by atoms with Crippen molar-refractivity contribution >= 4 is 32.6 Å². The minimum absolute atomic E-state index is 0.620. The Kier molecular flexibility index (Phi) is 5.46.